The predicted octanol–water partition coefficient (Wildman–Crippen LogP) is 4.33. The molecule has 21 heavy (non-hydrogen) atoms. The molecule has 3 rings (SSSR count). The van der Waals surface area contributed by atoms with Crippen LogP contribution >= 0.6 is 15.9 Å². The molecule has 0 saturated carbocycles. The number of benzene rings is 2. The lowest BCUT2D eigenvalue weighted by Gasteiger charge is -2.08. The lowest BCUT2D eigenvalue weighted by atomic mass is 10.1. The van der Waals surface area contributed by atoms with Gasteiger partial charge in [-0.2, -0.15) is 5.26 Å². The molecule has 0 fully saturated rings. The van der Waals surface area contributed by atoms with Crippen molar-refractivity contribution in [3.8, 4) is 11.8 Å². The van der Waals surface area contributed by atoms with Gasteiger partial charge in [-0.1, -0.05) is 28.1 Å². The van der Waals surface area contributed by atoms with Gasteiger partial charge in [0.25, 0.3) is 0 Å². The van der Waals surface area contributed by atoms with E-state index in [2.05, 4.69) is 51.0 Å². The number of methoxy groups -OCH3 is 1. The molecule has 3 aromatic rings. The minimum Gasteiger partial charge on any atom is -0.495 e. The number of fused-ring (bicyclic) bond motifs is 1. The van der Waals surface area contributed by atoms with Crippen molar-refractivity contribution in [1.82, 2.24) is 4.57 Å². The van der Waals surface area contributed by atoms with Crippen molar-refractivity contribution in [1.29, 1.82) is 5.26 Å². The van der Waals surface area contributed by atoms with Crippen molar-refractivity contribution >= 4 is 26.8 Å². The number of hydrogen-bond acceptors (Lipinski definition) is 2. The Labute approximate surface area is 131 Å². The maximum absolute atomic E-state index is 9.17. The van der Waals surface area contributed by atoms with E-state index in [1.165, 1.54) is 10.9 Å². The van der Waals surface area contributed by atoms with Crippen LogP contribution in [-0.2, 0) is 6.54 Å². The number of nitrogens with zero attached hydrogens (tertiary/aromatic N) is 2. The van der Waals surface area contributed by atoms with Crippen LogP contribution in [-0.4, -0.2) is 11.7 Å². The first kappa shape index (κ1) is 13.7. The quantitative estimate of drug-likeness (QED) is 0.711. The maximum Gasteiger partial charge on any atom is 0.136 e. The first-order valence-electron chi connectivity index (χ1n) is 6.52. The van der Waals surface area contributed by atoms with Crippen molar-refractivity contribution in [2.75, 3.05) is 7.11 Å². The fourth-order valence-electron chi connectivity index (χ4n) is 2.43. The Morgan fingerprint density at radius 2 is 2.05 bits per heavy atom. The number of nitriles is 1. The van der Waals surface area contributed by atoms with Gasteiger partial charge in [-0.3, -0.25) is 0 Å². The van der Waals surface area contributed by atoms with Gasteiger partial charge in [-0.05, 0) is 41.3 Å². The monoisotopic (exact) mass is 340 g/mol. The Hall–Kier alpha value is -2.25. The summed E-state index contributed by atoms with van der Waals surface area (Å²) in [6, 6.07) is 16.2. The van der Waals surface area contributed by atoms with Crippen LogP contribution in [0.4, 0.5) is 0 Å². The third kappa shape index (κ3) is 2.65. The smallest absolute Gasteiger partial charge is 0.136 e. The van der Waals surface area contributed by atoms with Crippen molar-refractivity contribution < 1.29 is 4.74 Å². The molecular weight excluding hydrogens is 328 g/mol. The summed E-state index contributed by atoms with van der Waals surface area (Å²) in [6.07, 6.45) is 2.06. The van der Waals surface area contributed by atoms with E-state index in [0.717, 1.165) is 16.6 Å². The third-order valence-electron chi connectivity index (χ3n) is 3.47. The van der Waals surface area contributed by atoms with E-state index in [1.54, 1.807) is 7.11 Å². The molecule has 104 valence electrons. The van der Waals surface area contributed by atoms with Gasteiger partial charge < -0.3 is 9.30 Å². The Morgan fingerprint density at radius 3 is 2.81 bits per heavy atom. The van der Waals surface area contributed by atoms with E-state index in [0.29, 0.717) is 11.3 Å². The van der Waals surface area contributed by atoms with Crippen LogP contribution in [0.3, 0.4) is 0 Å². The standard InChI is InChI=1S/C17H13BrN2O/c1-21-17-5-2-12(8-14(17)10-19)11-20-7-6-13-3-4-15(18)9-16(13)20/h2-9H,11H2,1H3. The Bertz CT molecular complexity index is 846. The molecule has 0 bridgehead atoms. The van der Waals surface area contributed by atoms with Crippen LogP contribution in [0.15, 0.2) is 53.1 Å². The molecule has 1 aromatic heterocycles. The summed E-state index contributed by atoms with van der Waals surface area (Å²) in [5, 5.41) is 10.4. The van der Waals surface area contributed by atoms with Gasteiger partial charge in [0.2, 0.25) is 0 Å². The number of halogens is 1. The molecule has 0 N–H and O–H groups in total. The molecule has 0 unspecified atom stereocenters. The fraction of sp³-hybridized carbons (Fsp3) is 0.118. The molecule has 2 aromatic carbocycles. The zero-order valence-corrected chi connectivity index (χ0v) is 13.1. The summed E-state index contributed by atoms with van der Waals surface area (Å²) >= 11 is 3.51. The van der Waals surface area contributed by atoms with Crippen LogP contribution in [0, 0.1) is 11.3 Å². The normalized spacial score (nSPS) is 10.5. The maximum atomic E-state index is 9.17. The topological polar surface area (TPSA) is 38.0 Å². The predicted molar refractivity (Wildman–Crippen MR) is 86.4 cm³/mol. The summed E-state index contributed by atoms with van der Waals surface area (Å²) in [6.45, 7) is 0.721. The number of ether oxygens (including phenoxy) is 1. The molecule has 0 spiro atoms. The highest BCUT2D eigenvalue weighted by Gasteiger charge is 2.06. The minimum atomic E-state index is 0.563. The Morgan fingerprint density at radius 1 is 1.19 bits per heavy atom. The zero-order chi connectivity index (χ0) is 14.8. The van der Waals surface area contributed by atoms with Gasteiger partial charge >= 0.3 is 0 Å². The van der Waals surface area contributed by atoms with E-state index >= 15 is 0 Å². The fourth-order valence-corrected chi connectivity index (χ4v) is 2.78. The van der Waals surface area contributed by atoms with Crippen molar-refractivity contribution in [3.05, 3.63) is 64.3 Å². The Balaban J connectivity index is 1.99. The van der Waals surface area contributed by atoms with Gasteiger partial charge in [0.05, 0.1) is 12.7 Å². The molecule has 0 aliphatic carbocycles. The largest absolute Gasteiger partial charge is 0.495 e. The molecule has 0 radical (unpaired) electrons. The van der Waals surface area contributed by atoms with Crippen LogP contribution in [0.2, 0.25) is 0 Å². The van der Waals surface area contributed by atoms with Crippen LogP contribution in [0.25, 0.3) is 10.9 Å². The van der Waals surface area contributed by atoms with Crippen molar-refractivity contribution in [2.45, 2.75) is 6.54 Å². The molecule has 4 heteroatoms. The summed E-state index contributed by atoms with van der Waals surface area (Å²) < 4.78 is 8.40. The van der Waals surface area contributed by atoms with Crippen LogP contribution in [0.5, 0.6) is 5.75 Å². The average molecular weight is 341 g/mol. The third-order valence-corrected chi connectivity index (χ3v) is 3.97. The van der Waals surface area contributed by atoms with Crippen molar-refractivity contribution in [2.24, 2.45) is 0 Å². The highest BCUT2D eigenvalue weighted by Crippen LogP contribution is 2.23. The first-order chi connectivity index (χ1) is 10.2. The second kappa shape index (κ2) is 5.63. The van der Waals surface area contributed by atoms with Crippen LogP contribution < -0.4 is 4.74 Å². The molecule has 3 nitrogen and oxygen atoms in total. The average Bonchev–Trinajstić information content (AvgIpc) is 2.89. The highest BCUT2D eigenvalue weighted by atomic mass is 79.9. The number of aromatic nitrogens is 1. The summed E-state index contributed by atoms with van der Waals surface area (Å²) in [5.41, 5.74) is 2.80. The van der Waals surface area contributed by atoms with Gasteiger partial charge in [0.1, 0.15) is 11.8 Å². The van der Waals surface area contributed by atoms with Crippen molar-refractivity contribution in [3.63, 3.8) is 0 Å². The summed E-state index contributed by atoms with van der Waals surface area (Å²) in [5.74, 6) is 0.612. The number of hydrogen-bond donors (Lipinski definition) is 0. The van der Waals surface area contributed by atoms with E-state index in [1.807, 2.05) is 24.3 Å². The van der Waals surface area contributed by atoms with E-state index < -0.39 is 0 Å². The van der Waals surface area contributed by atoms with Gasteiger partial charge in [0.15, 0.2) is 0 Å². The second-order valence-corrected chi connectivity index (χ2v) is 5.71. The number of rotatable bonds is 3. The molecule has 1 heterocycles. The van der Waals surface area contributed by atoms with E-state index in [-0.39, 0.29) is 0 Å². The molecule has 0 aliphatic rings. The summed E-state index contributed by atoms with van der Waals surface area (Å²) in [4.78, 5) is 0. The summed E-state index contributed by atoms with van der Waals surface area (Å²) in [7, 11) is 1.58. The Kier molecular flexibility index (Phi) is 3.68. The molecular formula is C17H13BrN2O. The second-order valence-electron chi connectivity index (χ2n) is 4.79. The molecule has 0 atom stereocenters. The highest BCUT2D eigenvalue weighted by molar-refractivity contribution is 9.10. The lowest BCUT2D eigenvalue weighted by molar-refractivity contribution is 0.413. The van der Waals surface area contributed by atoms with Crippen LogP contribution in [0.1, 0.15) is 11.1 Å². The first-order valence-corrected chi connectivity index (χ1v) is 7.32. The van der Waals surface area contributed by atoms with E-state index in [9.17, 15) is 0 Å². The molecule has 0 saturated heterocycles. The molecule has 0 amide bonds. The molecule has 0 aliphatic heterocycles. The lowest BCUT2D eigenvalue weighted by Crippen LogP contribution is -1.99. The zero-order valence-electron chi connectivity index (χ0n) is 11.5. The van der Waals surface area contributed by atoms with Gasteiger partial charge in [0, 0.05) is 22.7 Å². The van der Waals surface area contributed by atoms with E-state index in [4.69, 9.17) is 10.00 Å². The SMILES string of the molecule is COc1ccc(Cn2ccc3ccc(Br)cc32)cc1C#N. The minimum absolute atomic E-state index is 0.563. The van der Waals surface area contributed by atoms with Gasteiger partial charge in [-0.25, -0.2) is 0 Å². The van der Waals surface area contributed by atoms with Gasteiger partial charge in [-0.15, -0.1) is 0 Å².